The van der Waals surface area contributed by atoms with Crippen LogP contribution in [-0.2, 0) is 0 Å². The van der Waals surface area contributed by atoms with E-state index in [0.29, 0.717) is 29.2 Å². The molecule has 2 atom stereocenters. The molecule has 3 heterocycles. The maximum atomic E-state index is 12.3. The van der Waals surface area contributed by atoms with Crippen molar-refractivity contribution in [3.05, 3.63) is 76.7 Å². The highest BCUT2D eigenvalue weighted by Crippen LogP contribution is 2.49. The van der Waals surface area contributed by atoms with Gasteiger partial charge in [-0.15, -0.1) is 0 Å². The maximum Gasteiger partial charge on any atom is 0.340 e. The lowest BCUT2D eigenvalue weighted by Gasteiger charge is -2.38. The van der Waals surface area contributed by atoms with Gasteiger partial charge in [-0.1, -0.05) is 18.2 Å². The number of furan rings is 1. The molecule has 8 heteroatoms. The lowest BCUT2D eigenvalue weighted by molar-refractivity contribution is -0.0199. The van der Waals surface area contributed by atoms with Crippen LogP contribution in [-0.4, -0.2) is 36.0 Å². The zero-order valence-electron chi connectivity index (χ0n) is 17.9. The van der Waals surface area contributed by atoms with Crippen molar-refractivity contribution in [2.75, 3.05) is 14.2 Å². The Kier molecular flexibility index (Phi) is 4.77. The van der Waals surface area contributed by atoms with Crippen molar-refractivity contribution in [2.45, 2.75) is 25.6 Å². The summed E-state index contributed by atoms with van der Waals surface area (Å²) in [6.07, 6.45) is -0.158. The Bertz CT molecular complexity index is 1230. The van der Waals surface area contributed by atoms with Crippen LogP contribution in [0.25, 0.3) is 0 Å². The van der Waals surface area contributed by atoms with Gasteiger partial charge in [0, 0.05) is 17.5 Å². The molecule has 2 aliphatic rings. The number of rotatable bonds is 5. The second-order valence-corrected chi connectivity index (χ2v) is 7.64. The van der Waals surface area contributed by atoms with Gasteiger partial charge >= 0.3 is 5.97 Å². The van der Waals surface area contributed by atoms with Gasteiger partial charge in [-0.3, -0.25) is 0 Å². The minimum absolute atomic E-state index is 0.0209. The molecule has 32 heavy (non-hydrogen) atoms. The minimum Gasteiger partial charge on any atom is -0.493 e. The van der Waals surface area contributed by atoms with E-state index in [2.05, 4.69) is 0 Å². The Balaban J connectivity index is 1.67. The Morgan fingerprint density at radius 2 is 1.91 bits per heavy atom. The van der Waals surface area contributed by atoms with E-state index < -0.39 is 12.2 Å². The van der Waals surface area contributed by atoms with E-state index >= 15 is 0 Å². The summed E-state index contributed by atoms with van der Waals surface area (Å²) in [4.78, 5) is 12.3. The first-order chi connectivity index (χ1) is 15.5. The van der Waals surface area contributed by atoms with Crippen molar-refractivity contribution in [2.24, 2.45) is 5.10 Å². The number of carboxylic acid groups (broad SMARTS) is 1. The smallest absolute Gasteiger partial charge is 0.340 e. The molecule has 0 amide bonds. The van der Waals surface area contributed by atoms with Gasteiger partial charge in [0.05, 0.1) is 20.3 Å². The number of methoxy groups -OCH3 is 2. The lowest BCUT2D eigenvalue weighted by Crippen LogP contribution is -2.34. The van der Waals surface area contributed by atoms with E-state index in [0.717, 1.165) is 17.0 Å². The monoisotopic (exact) mass is 434 g/mol. The number of hydrogen-bond acceptors (Lipinski definition) is 7. The SMILES string of the molecule is COc1ccc([C@@H]2Oc3ccccc3[C@@H]3CC(c4ccc(C)o4)=NN32)c(C(=O)O)c1OC. The van der Waals surface area contributed by atoms with Crippen LogP contribution in [0.4, 0.5) is 0 Å². The Hall–Kier alpha value is -3.94. The molecule has 0 saturated heterocycles. The first kappa shape index (κ1) is 20.0. The van der Waals surface area contributed by atoms with Crippen molar-refractivity contribution in [3.8, 4) is 17.2 Å². The van der Waals surface area contributed by atoms with Crippen molar-refractivity contribution < 1.29 is 28.5 Å². The van der Waals surface area contributed by atoms with E-state index in [1.54, 1.807) is 12.1 Å². The average Bonchev–Trinajstić information content (AvgIpc) is 3.44. The highest BCUT2D eigenvalue weighted by atomic mass is 16.5. The fourth-order valence-corrected chi connectivity index (χ4v) is 4.35. The normalized spacial score (nSPS) is 19.0. The minimum atomic E-state index is -1.14. The van der Waals surface area contributed by atoms with Crippen molar-refractivity contribution >= 4 is 11.7 Å². The van der Waals surface area contributed by atoms with Crippen LogP contribution in [0.1, 0.15) is 51.7 Å². The largest absolute Gasteiger partial charge is 0.493 e. The number of aromatic carboxylic acids is 1. The zero-order chi connectivity index (χ0) is 22.4. The van der Waals surface area contributed by atoms with E-state index in [-0.39, 0.29) is 17.4 Å². The molecule has 5 rings (SSSR count). The van der Waals surface area contributed by atoms with Crippen LogP contribution in [0.2, 0.25) is 0 Å². The number of aryl methyl sites for hydroxylation is 1. The van der Waals surface area contributed by atoms with Gasteiger partial charge in [0.1, 0.15) is 28.5 Å². The zero-order valence-corrected chi connectivity index (χ0v) is 17.9. The third-order valence-electron chi connectivity index (χ3n) is 5.78. The summed E-state index contributed by atoms with van der Waals surface area (Å²) in [7, 11) is 2.88. The van der Waals surface area contributed by atoms with Gasteiger partial charge in [-0.25, -0.2) is 9.80 Å². The summed E-state index contributed by atoms with van der Waals surface area (Å²) in [5, 5.41) is 16.7. The Morgan fingerprint density at radius 1 is 1.09 bits per heavy atom. The van der Waals surface area contributed by atoms with Gasteiger partial charge in [0.25, 0.3) is 0 Å². The number of hydrogen-bond donors (Lipinski definition) is 1. The number of benzene rings is 2. The molecule has 3 aromatic rings. The first-order valence-corrected chi connectivity index (χ1v) is 10.2. The van der Waals surface area contributed by atoms with E-state index in [1.807, 2.05) is 48.3 Å². The summed E-state index contributed by atoms with van der Waals surface area (Å²) in [6.45, 7) is 1.89. The third-order valence-corrected chi connectivity index (χ3v) is 5.78. The fourth-order valence-electron chi connectivity index (χ4n) is 4.35. The van der Waals surface area contributed by atoms with Crippen LogP contribution < -0.4 is 14.2 Å². The number of para-hydroxylation sites is 1. The van der Waals surface area contributed by atoms with Crippen molar-refractivity contribution in [3.63, 3.8) is 0 Å². The van der Waals surface area contributed by atoms with Crippen LogP contribution >= 0.6 is 0 Å². The lowest BCUT2D eigenvalue weighted by atomic mass is 9.96. The second-order valence-electron chi connectivity index (χ2n) is 7.64. The summed E-state index contributed by atoms with van der Waals surface area (Å²) >= 11 is 0. The number of fused-ring (bicyclic) bond motifs is 3. The molecule has 1 aromatic heterocycles. The molecule has 0 spiro atoms. The quantitative estimate of drug-likeness (QED) is 0.630. The summed E-state index contributed by atoms with van der Waals surface area (Å²) in [5.41, 5.74) is 2.18. The predicted molar refractivity (Wildman–Crippen MR) is 115 cm³/mol. The first-order valence-electron chi connectivity index (χ1n) is 10.2. The summed E-state index contributed by atoms with van der Waals surface area (Å²) in [6, 6.07) is 14.8. The second kappa shape index (κ2) is 7.64. The molecule has 8 nitrogen and oxygen atoms in total. The van der Waals surface area contributed by atoms with E-state index in [1.165, 1.54) is 14.2 Å². The average molecular weight is 434 g/mol. The summed E-state index contributed by atoms with van der Waals surface area (Å²) in [5.74, 6) is 1.52. The third kappa shape index (κ3) is 3.07. The molecule has 2 aliphatic heterocycles. The molecular formula is C24H22N2O6. The molecule has 0 unspecified atom stereocenters. The van der Waals surface area contributed by atoms with E-state index in [9.17, 15) is 9.90 Å². The van der Waals surface area contributed by atoms with E-state index in [4.69, 9.17) is 23.7 Å². The topological polar surface area (TPSA) is 93.7 Å². The van der Waals surface area contributed by atoms with Crippen molar-refractivity contribution in [1.29, 1.82) is 0 Å². The molecule has 0 bridgehead atoms. The molecule has 0 fully saturated rings. The van der Waals surface area contributed by atoms with Crippen LogP contribution in [0.15, 0.2) is 58.0 Å². The maximum absolute atomic E-state index is 12.3. The molecular weight excluding hydrogens is 412 g/mol. The molecule has 0 aliphatic carbocycles. The Morgan fingerprint density at radius 3 is 2.59 bits per heavy atom. The predicted octanol–water partition coefficient (Wildman–Crippen LogP) is 4.55. The summed E-state index contributed by atoms with van der Waals surface area (Å²) < 4.78 is 22.8. The number of carboxylic acids is 1. The molecule has 0 radical (unpaired) electrons. The highest BCUT2D eigenvalue weighted by Gasteiger charge is 2.43. The standard InChI is InChI=1S/C24H22N2O6/c1-13-8-10-19(31-13)16-12-17-14-6-4-5-7-18(14)32-23(26(17)25-16)15-9-11-20(29-2)22(30-3)21(15)24(27)28/h4-11,17,23H,12H2,1-3H3,(H,27,28)/t17-,23-/m0/s1. The van der Waals surface area contributed by atoms with Gasteiger partial charge < -0.3 is 23.7 Å². The Labute approximate surface area is 184 Å². The fraction of sp³-hybridized carbons (Fsp3) is 0.250. The highest BCUT2D eigenvalue weighted by molar-refractivity contribution is 6.00. The van der Waals surface area contributed by atoms with Gasteiger partial charge in [-0.05, 0) is 37.3 Å². The van der Waals surface area contributed by atoms with Gasteiger partial charge in [0.15, 0.2) is 11.5 Å². The molecule has 1 N–H and O–H groups in total. The van der Waals surface area contributed by atoms with Gasteiger partial charge in [-0.2, -0.15) is 5.10 Å². The number of nitrogens with zero attached hydrogens (tertiary/aromatic N) is 2. The van der Waals surface area contributed by atoms with Crippen LogP contribution in [0, 0.1) is 6.92 Å². The number of carbonyl (C=O) groups is 1. The number of ether oxygens (including phenoxy) is 3. The number of hydrazone groups is 1. The van der Waals surface area contributed by atoms with Gasteiger partial charge in [0.2, 0.25) is 6.23 Å². The van der Waals surface area contributed by atoms with Crippen molar-refractivity contribution in [1.82, 2.24) is 5.01 Å². The molecule has 2 aromatic carbocycles. The molecule has 0 saturated carbocycles. The van der Waals surface area contributed by atoms with Crippen LogP contribution in [0.5, 0.6) is 17.2 Å². The van der Waals surface area contributed by atoms with Crippen LogP contribution in [0.3, 0.4) is 0 Å². The molecule has 164 valence electrons.